The van der Waals surface area contributed by atoms with Gasteiger partial charge in [-0.3, -0.25) is 0 Å². The Hall–Kier alpha value is -1.69. The molecule has 0 atom stereocenters. The molecule has 1 aromatic rings. The third-order valence-corrected chi connectivity index (χ3v) is 4.40. The van der Waals surface area contributed by atoms with Crippen LogP contribution >= 0.6 is 0 Å². The van der Waals surface area contributed by atoms with Crippen LogP contribution in [0.15, 0.2) is 23.1 Å². The molecule has 0 aliphatic carbocycles. The molecular weight excluding hydrogens is 346 g/mol. The molecule has 0 spiro atoms. The molecule has 0 unspecified atom stereocenters. The van der Waals surface area contributed by atoms with Gasteiger partial charge in [0.15, 0.2) is 0 Å². The summed E-state index contributed by atoms with van der Waals surface area (Å²) >= 11 is 0. The van der Waals surface area contributed by atoms with E-state index in [0.29, 0.717) is 18.7 Å². The summed E-state index contributed by atoms with van der Waals surface area (Å²) in [6.07, 6.45) is 1.52. The molecule has 0 aromatic heterocycles. The van der Waals surface area contributed by atoms with Gasteiger partial charge in [-0.25, -0.2) is 31.5 Å². The van der Waals surface area contributed by atoms with Crippen LogP contribution in [0.5, 0.6) is 0 Å². The Morgan fingerprint density at radius 2 is 1.87 bits per heavy atom. The van der Waals surface area contributed by atoms with Gasteiger partial charge in [0.25, 0.3) is 0 Å². The molecule has 130 valence electrons. The number of ether oxygens (including phenoxy) is 1. The van der Waals surface area contributed by atoms with Crippen LogP contribution in [0.3, 0.4) is 0 Å². The van der Waals surface area contributed by atoms with Crippen LogP contribution in [-0.2, 0) is 24.8 Å². The molecule has 0 radical (unpaired) electrons. The topological polar surface area (TPSA) is 145 Å². The number of nitrogens with two attached hydrogens (primary N) is 1. The number of primary sulfonamides is 1. The highest BCUT2D eigenvalue weighted by atomic mass is 32.2. The number of carbonyl (C=O) groups excluding carboxylic acids is 1. The number of carbonyl (C=O) groups is 1. The van der Waals surface area contributed by atoms with E-state index >= 15 is 0 Å². The van der Waals surface area contributed by atoms with Crippen molar-refractivity contribution in [2.75, 3.05) is 31.8 Å². The van der Waals surface area contributed by atoms with E-state index in [-0.39, 0.29) is 17.0 Å². The number of esters is 1. The number of hydrogen-bond donors (Lipinski definition) is 3. The second kappa shape index (κ2) is 7.73. The zero-order chi connectivity index (χ0) is 17.7. The monoisotopic (exact) mass is 365 g/mol. The second-order valence-electron chi connectivity index (χ2n) is 4.69. The van der Waals surface area contributed by atoms with Crippen LogP contribution in [0.2, 0.25) is 0 Å². The molecule has 0 bridgehead atoms. The van der Waals surface area contributed by atoms with Crippen molar-refractivity contribution in [3.63, 3.8) is 0 Å². The lowest BCUT2D eigenvalue weighted by Gasteiger charge is -2.12. The number of hydrogen-bond acceptors (Lipinski definition) is 7. The molecule has 4 N–H and O–H groups in total. The molecule has 0 amide bonds. The van der Waals surface area contributed by atoms with E-state index in [1.807, 2.05) is 0 Å². The van der Waals surface area contributed by atoms with Crippen LogP contribution in [0.1, 0.15) is 16.8 Å². The second-order valence-corrected chi connectivity index (χ2v) is 8.09. The zero-order valence-corrected chi connectivity index (χ0v) is 14.3. The first-order valence-electron chi connectivity index (χ1n) is 6.48. The van der Waals surface area contributed by atoms with Gasteiger partial charge in [0, 0.05) is 18.8 Å². The third kappa shape index (κ3) is 6.52. The average Bonchev–Trinajstić information content (AvgIpc) is 2.44. The predicted molar refractivity (Wildman–Crippen MR) is 85.1 cm³/mol. The zero-order valence-electron chi connectivity index (χ0n) is 12.7. The lowest BCUT2D eigenvalue weighted by molar-refractivity contribution is 0.0601. The first kappa shape index (κ1) is 19.4. The smallest absolute Gasteiger partial charge is 0.340 e. The fourth-order valence-corrected chi connectivity index (χ4v) is 2.76. The Bertz CT molecular complexity index is 774. The number of benzene rings is 1. The van der Waals surface area contributed by atoms with Gasteiger partial charge >= 0.3 is 5.97 Å². The van der Waals surface area contributed by atoms with Crippen molar-refractivity contribution in [3.8, 4) is 0 Å². The van der Waals surface area contributed by atoms with Crippen LogP contribution < -0.4 is 15.2 Å². The maximum absolute atomic E-state index is 11.7. The molecule has 0 heterocycles. The van der Waals surface area contributed by atoms with Crippen LogP contribution in [0.4, 0.5) is 5.69 Å². The highest BCUT2D eigenvalue weighted by Crippen LogP contribution is 2.20. The number of methoxy groups -OCH3 is 1. The lowest BCUT2D eigenvalue weighted by atomic mass is 10.1. The molecule has 1 aromatic carbocycles. The molecule has 0 aliphatic heterocycles. The fraction of sp³-hybridized carbons (Fsp3) is 0.417. The highest BCUT2D eigenvalue weighted by molar-refractivity contribution is 7.89. The van der Waals surface area contributed by atoms with E-state index in [1.165, 1.54) is 19.2 Å². The summed E-state index contributed by atoms with van der Waals surface area (Å²) in [5, 5.41) is 7.95. The molecule has 0 aliphatic rings. The number of sulfonamides is 2. The summed E-state index contributed by atoms with van der Waals surface area (Å²) < 4.78 is 51.5. The predicted octanol–water partition coefficient (Wildman–Crippen LogP) is -0.528. The Morgan fingerprint density at radius 3 is 2.39 bits per heavy atom. The van der Waals surface area contributed by atoms with E-state index in [1.54, 1.807) is 0 Å². The van der Waals surface area contributed by atoms with Gasteiger partial charge in [0.1, 0.15) is 0 Å². The van der Waals surface area contributed by atoms with E-state index < -0.39 is 26.0 Å². The summed E-state index contributed by atoms with van der Waals surface area (Å²) in [5.41, 5.74) is 0.388. The number of nitrogens with one attached hydrogen (secondary N) is 2. The van der Waals surface area contributed by atoms with Gasteiger partial charge in [-0.1, -0.05) is 0 Å². The third-order valence-electron chi connectivity index (χ3n) is 2.76. The van der Waals surface area contributed by atoms with E-state index in [4.69, 9.17) is 5.14 Å². The summed E-state index contributed by atoms with van der Waals surface area (Å²) in [6, 6.07) is 3.78. The van der Waals surface area contributed by atoms with E-state index in [2.05, 4.69) is 14.8 Å². The Labute approximate surface area is 135 Å². The van der Waals surface area contributed by atoms with Crippen molar-refractivity contribution in [2.24, 2.45) is 5.14 Å². The van der Waals surface area contributed by atoms with E-state index in [0.717, 1.165) is 12.3 Å². The van der Waals surface area contributed by atoms with Gasteiger partial charge < -0.3 is 10.1 Å². The van der Waals surface area contributed by atoms with Crippen molar-refractivity contribution in [1.29, 1.82) is 0 Å². The molecule has 0 saturated carbocycles. The molecular formula is C12H19N3O6S2. The lowest BCUT2D eigenvalue weighted by Crippen LogP contribution is -2.24. The van der Waals surface area contributed by atoms with Gasteiger partial charge in [0.05, 0.1) is 23.8 Å². The van der Waals surface area contributed by atoms with Crippen LogP contribution in [0.25, 0.3) is 0 Å². The van der Waals surface area contributed by atoms with E-state index in [9.17, 15) is 21.6 Å². The molecule has 0 fully saturated rings. The molecule has 23 heavy (non-hydrogen) atoms. The van der Waals surface area contributed by atoms with Gasteiger partial charge in [-0.05, 0) is 24.6 Å². The fourth-order valence-electron chi connectivity index (χ4n) is 1.70. The minimum absolute atomic E-state index is 0.0232. The number of anilines is 1. The Kier molecular flexibility index (Phi) is 6.50. The van der Waals surface area contributed by atoms with Crippen molar-refractivity contribution in [3.05, 3.63) is 23.8 Å². The first-order chi connectivity index (χ1) is 10.5. The minimum atomic E-state index is -3.94. The standard InChI is InChI=1S/C12H19N3O6S2/c1-21-12(16)10-8-9(23(13,19)20)4-5-11(10)14-6-3-7-15-22(2,17)18/h4-5,8,14-15H,3,6-7H2,1-2H3,(H2,13,19,20). The van der Waals surface area contributed by atoms with Crippen molar-refractivity contribution < 1.29 is 26.4 Å². The quantitative estimate of drug-likeness (QED) is 0.415. The van der Waals surface area contributed by atoms with Crippen molar-refractivity contribution in [2.45, 2.75) is 11.3 Å². The summed E-state index contributed by atoms with van der Waals surface area (Å²) in [6.45, 7) is 0.593. The molecule has 11 heteroatoms. The Morgan fingerprint density at radius 1 is 1.22 bits per heavy atom. The average molecular weight is 365 g/mol. The summed E-state index contributed by atoms with van der Waals surface area (Å²) in [7, 11) is -6.02. The largest absolute Gasteiger partial charge is 0.465 e. The molecule has 0 saturated heterocycles. The summed E-state index contributed by atoms with van der Waals surface area (Å²) in [5.74, 6) is -0.715. The van der Waals surface area contributed by atoms with Gasteiger partial charge in [0.2, 0.25) is 20.0 Å². The number of rotatable bonds is 8. The van der Waals surface area contributed by atoms with Crippen molar-refractivity contribution >= 4 is 31.7 Å². The normalized spacial score (nSPS) is 12.0. The summed E-state index contributed by atoms with van der Waals surface area (Å²) in [4.78, 5) is 11.5. The van der Waals surface area contributed by atoms with Crippen LogP contribution in [0, 0.1) is 0 Å². The highest BCUT2D eigenvalue weighted by Gasteiger charge is 2.17. The maximum atomic E-state index is 11.7. The van der Waals surface area contributed by atoms with Crippen LogP contribution in [-0.4, -0.2) is 49.3 Å². The van der Waals surface area contributed by atoms with Gasteiger partial charge in [-0.15, -0.1) is 0 Å². The molecule has 1 rings (SSSR count). The van der Waals surface area contributed by atoms with Crippen molar-refractivity contribution in [1.82, 2.24) is 4.72 Å². The first-order valence-corrected chi connectivity index (χ1v) is 9.92. The molecule has 9 nitrogen and oxygen atoms in total. The Balaban J connectivity index is 2.83. The SMILES string of the molecule is COC(=O)c1cc(S(N)(=O)=O)ccc1NCCCNS(C)(=O)=O. The maximum Gasteiger partial charge on any atom is 0.340 e. The minimum Gasteiger partial charge on any atom is -0.465 e. The van der Waals surface area contributed by atoms with Gasteiger partial charge in [-0.2, -0.15) is 0 Å².